The third kappa shape index (κ3) is 13.1. The van der Waals surface area contributed by atoms with Crippen molar-refractivity contribution in [3.63, 3.8) is 0 Å². The van der Waals surface area contributed by atoms with Gasteiger partial charge in [0.05, 0.1) is 56.4 Å². The van der Waals surface area contributed by atoms with Crippen molar-refractivity contribution in [2.75, 3.05) is 58.4 Å². The summed E-state index contributed by atoms with van der Waals surface area (Å²) in [4.78, 5) is 14.2. The fraction of sp³-hybridized carbons (Fsp3) is 0.805. The Balaban J connectivity index is 3.83. The maximum absolute atomic E-state index is 16.6. The van der Waals surface area contributed by atoms with Gasteiger partial charge >= 0.3 is 0 Å². The lowest BCUT2D eigenvalue weighted by Crippen LogP contribution is -2.54. The first-order chi connectivity index (χ1) is 26.0. The fourth-order valence-electron chi connectivity index (χ4n) is 8.03. The number of hydrogen-bond acceptors (Lipinski definition) is 8. The van der Waals surface area contributed by atoms with E-state index in [1.165, 1.54) is 0 Å². The number of nitriles is 1. The van der Waals surface area contributed by atoms with Gasteiger partial charge in [-0.25, -0.2) is 8.78 Å². The molecule has 1 aromatic carbocycles. The van der Waals surface area contributed by atoms with Crippen LogP contribution in [0.4, 0.5) is 17.6 Å². The van der Waals surface area contributed by atoms with Crippen molar-refractivity contribution < 1.29 is 44.5 Å². The smallest absolute Gasteiger partial charge is 0.265 e. The molecule has 0 aliphatic heterocycles. The Kier molecular flexibility index (Phi) is 19.8. The van der Waals surface area contributed by atoms with Crippen molar-refractivity contribution in [3.05, 3.63) is 28.8 Å². The van der Waals surface area contributed by atoms with Gasteiger partial charge < -0.3 is 20.3 Å². The van der Waals surface area contributed by atoms with Gasteiger partial charge in [-0.05, 0) is 93.8 Å². The zero-order chi connectivity index (χ0) is 44.4. The summed E-state index contributed by atoms with van der Waals surface area (Å²) in [5, 5.41) is 12.8. The number of amides is 1. The van der Waals surface area contributed by atoms with Crippen molar-refractivity contribution in [1.29, 1.82) is 5.26 Å². The van der Waals surface area contributed by atoms with E-state index in [2.05, 4.69) is 24.0 Å². The van der Waals surface area contributed by atoms with Crippen molar-refractivity contribution in [2.45, 2.75) is 125 Å². The Morgan fingerprint density at radius 3 is 1.96 bits per heavy atom. The van der Waals surface area contributed by atoms with E-state index in [0.717, 1.165) is 0 Å². The molecule has 330 valence electrons. The number of rotatable bonds is 26. The molecule has 0 spiro atoms. The zero-order valence-corrected chi connectivity index (χ0v) is 38.7. The van der Waals surface area contributed by atoms with Gasteiger partial charge in [0, 0.05) is 30.2 Å². The molecule has 0 radical (unpaired) electrons. The number of nitrogens with two attached hydrogens (primary N) is 1. The largest absolute Gasteiger partial charge is 0.487 e. The highest BCUT2D eigenvalue weighted by molar-refractivity contribution is 7.85. The van der Waals surface area contributed by atoms with Crippen LogP contribution in [0, 0.1) is 61.7 Å². The molecule has 0 fully saturated rings. The minimum Gasteiger partial charge on any atom is -0.487 e. The molecular weight excluding hydrogens is 801 g/mol. The van der Waals surface area contributed by atoms with Crippen molar-refractivity contribution in [1.82, 2.24) is 5.32 Å². The molecule has 0 heterocycles. The summed E-state index contributed by atoms with van der Waals surface area (Å²) >= 11 is 8.98. The molecule has 0 bridgehead atoms. The average Bonchev–Trinajstić information content (AvgIpc) is 3.12. The van der Waals surface area contributed by atoms with E-state index in [1.807, 2.05) is 48.7 Å². The molecule has 0 aliphatic carbocycles. The quantitative estimate of drug-likeness (QED) is 0.0157. The van der Waals surface area contributed by atoms with Gasteiger partial charge in [0.1, 0.15) is 0 Å². The molecule has 5 atom stereocenters. The first-order valence-electron chi connectivity index (χ1n) is 20.0. The number of hydrogen-bond donors (Lipinski definition) is 5. The van der Waals surface area contributed by atoms with Crippen molar-refractivity contribution in [3.8, 4) is 11.8 Å². The van der Waals surface area contributed by atoms with E-state index >= 15 is 17.6 Å². The first kappa shape index (κ1) is 53.2. The Bertz CT molecular complexity index is 1630. The summed E-state index contributed by atoms with van der Waals surface area (Å²) < 4.78 is 102. The molecule has 0 aromatic heterocycles. The summed E-state index contributed by atoms with van der Waals surface area (Å²) in [6.07, 6.45) is 2.67. The summed E-state index contributed by atoms with van der Waals surface area (Å²) in [6, 6.07) is 2.33. The Labute approximate surface area is 351 Å². The molecule has 1 aromatic rings. The highest BCUT2D eigenvalue weighted by atomic mass is 32.2. The Hall–Kier alpha value is -1.77. The van der Waals surface area contributed by atoms with Gasteiger partial charge in [-0.2, -0.15) is 47.7 Å². The Morgan fingerprint density at radius 1 is 0.965 bits per heavy atom. The molecule has 0 saturated heterocycles. The lowest BCUT2D eigenvalue weighted by molar-refractivity contribution is -0.890. The van der Waals surface area contributed by atoms with Gasteiger partial charge in [0.25, 0.3) is 10.1 Å². The van der Waals surface area contributed by atoms with E-state index in [0.29, 0.717) is 62.0 Å². The summed E-state index contributed by atoms with van der Waals surface area (Å²) in [5.74, 6) is -9.05. The van der Waals surface area contributed by atoms with Crippen LogP contribution >= 0.6 is 25.3 Å². The van der Waals surface area contributed by atoms with E-state index in [4.69, 9.17) is 27.7 Å². The van der Waals surface area contributed by atoms with Crippen LogP contribution in [0.1, 0.15) is 125 Å². The fourth-order valence-corrected chi connectivity index (χ4v) is 8.96. The molecule has 5 unspecified atom stereocenters. The second-order valence-electron chi connectivity index (χ2n) is 18.3. The number of thiol groups is 2. The van der Waals surface area contributed by atoms with Crippen molar-refractivity contribution >= 4 is 41.3 Å². The number of quaternary nitrogens is 1. The molecule has 0 aliphatic rings. The average molecular weight is 872 g/mol. The van der Waals surface area contributed by atoms with Crippen LogP contribution in [0.5, 0.6) is 5.75 Å². The van der Waals surface area contributed by atoms with Gasteiger partial charge in [0.2, 0.25) is 17.5 Å². The number of unbranched alkanes of at least 4 members (excludes halogenated alkanes) is 1. The van der Waals surface area contributed by atoms with E-state index in [-0.39, 0.29) is 44.1 Å². The number of benzene rings is 1. The number of halogens is 4. The van der Waals surface area contributed by atoms with Crippen LogP contribution in [0.15, 0.2) is 0 Å². The second kappa shape index (κ2) is 21.2. The van der Waals surface area contributed by atoms with Crippen molar-refractivity contribution in [2.24, 2.45) is 32.8 Å². The van der Waals surface area contributed by atoms with Gasteiger partial charge in [-0.1, -0.05) is 41.5 Å². The molecule has 16 heteroatoms. The minimum atomic E-state index is -4.07. The van der Waals surface area contributed by atoms with Crippen LogP contribution in [-0.4, -0.2) is 87.0 Å². The summed E-state index contributed by atoms with van der Waals surface area (Å²) in [5.41, 5.74) is 0.289. The van der Waals surface area contributed by atoms with Crippen LogP contribution in [0.2, 0.25) is 0 Å². The van der Waals surface area contributed by atoms with Gasteiger partial charge in [-0.3, -0.25) is 9.35 Å². The molecule has 1 amide bonds. The second-order valence-corrected chi connectivity index (χ2v) is 21.0. The molecule has 0 saturated carbocycles. The normalized spacial score (nSPS) is 17.2. The molecular formula is C41H71F4N4O5S3+. The van der Waals surface area contributed by atoms with Crippen LogP contribution in [0.3, 0.4) is 0 Å². The maximum atomic E-state index is 16.6. The third-order valence-electron chi connectivity index (χ3n) is 13.2. The lowest BCUT2D eigenvalue weighted by Gasteiger charge is -2.55. The SMILES string of the molecule is CCC(S)C(C)(CC(C)(C)C(C)(CN)C(CC(C)(CC)C(C)(C)C#N)c1c(F)c(F)c(OCCCCS)c(F)c1F)C(=O)NCCC[N+](C)(C)CCCS(=O)(=O)O. The topological polar surface area (TPSA) is 143 Å². The first-order valence-corrected chi connectivity index (χ1v) is 22.7. The predicted molar refractivity (Wildman–Crippen MR) is 227 cm³/mol. The predicted octanol–water partition coefficient (Wildman–Crippen LogP) is 8.73. The number of ether oxygens (including phenoxy) is 1. The number of carbonyl (C=O) groups is 1. The van der Waals surface area contributed by atoms with Crippen LogP contribution in [-0.2, 0) is 14.9 Å². The molecule has 9 nitrogen and oxygen atoms in total. The minimum absolute atomic E-state index is 0.0741. The van der Waals surface area contributed by atoms with E-state index in [9.17, 15) is 18.5 Å². The lowest BCUT2D eigenvalue weighted by atomic mass is 9.50. The van der Waals surface area contributed by atoms with Gasteiger partial charge in [-0.15, -0.1) is 0 Å². The Morgan fingerprint density at radius 2 is 1.51 bits per heavy atom. The maximum Gasteiger partial charge on any atom is 0.265 e. The number of carbonyl (C=O) groups excluding carboxylic acids is 1. The van der Waals surface area contributed by atoms with Crippen LogP contribution < -0.4 is 15.8 Å². The van der Waals surface area contributed by atoms with E-state index < -0.39 is 82.9 Å². The number of nitrogens with zero attached hydrogens (tertiary/aromatic N) is 2. The zero-order valence-electron chi connectivity index (χ0n) is 36.1. The molecule has 57 heavy (non-hydrogen) atoms. The molecule has 1 rings (SSSR count). The summed E-state index contributed by atoms with van der Waals surface area (Å²) in [6.45, 7) is 17.2. The van der Waals surface area contributed by atoms with E-state index in [1.54, 1.807) is 27.7 Å². The number of nitrogens with one attached hydrogen (secondary N) is 1. The third-order valence-corrected chi connectivity index (χ3v) is 15.3. The highest BCUT2D eigenvalue weighted by Gasteiger charge is 2.56. The summed E-state index contributed by atoms with van der Waals surface area (Å²) in [7, 11) is -0.205. The highest BCUT2D eigenvalue weighted by Crippen LogP contribution is 2.60. The standard InChI is InChI=1S/C41H70F4N4O5S3/c1-12-29(56)40(8,36(50)48-18-16-19-49(10,11)20-17-23-57(51,52)53)25-37(3,4)41(9,27-47)28(24-39(7,13-2)38(5,6)26-46)30-31(42)33(44)35(34(45)32(30)43)54-21-14-15-22-55/h28-29H,12-25,27,47H2,1-11H3,(H3-,48,50,51,52,53,55,56)/p+1. The van der Waals surface area contributed by atoms with Gasteiger partial charge in [0.15, 0.2) is 17.4 Å². The molecule has 4 N–H and O–H groups in total. The van der Waals surface area contributed by atoms with Crippen LogP contribution in [0.25, 0.3) is 0 Å². The monoisotopic (exact) mass is 871 g/mol.